The Morgan fingerprint density at radius 3 is 2.46 bits per heavy atom. The highest BCUT2D eigenvalue weighted by atomic mass is 35.5. The number of benzene rings is 3. The molecule has 0 atom stereocenters. The molecule has 0 N–H and O–H groups in total. The molecule has 3 heteroatoms. The predicted octanol–water partition coefficient (Wildman–Crippen LogP) is 6.47. The van der Waals surface area contributed by atoms with E-state index in [1.807, 2.05) is 48.5 Å². The van der Waals surface area contributed by atoms with Gasteiger partial charge in [0.1, 0.15) is 11.5 Å². The fourth-order valence-electron chi connectivity index (χ4n) is 2.92. The van der Waals surface area contributed by atoms with Crippen molar-refractivity contribution in [2.45, 2.75) is 12.8 Å². The number of ether oxygens (including phenoxy) is 1. The summed E-state index contributed by atoms with van der Waals surface area (Å²) in [5, 5.41) is 1.88. The Labute approximate surface area is 158 Å². The summed E-state index contributed by atoms with van der Waals surface area (Å²) in [4.78, 5) is 4.74. The van der Waals surface area contributed by atoms with Crippen LogP contribution in [0.15, 0.2) is 84.9 Å². The Morgan fingerprint density at radius 1 is 0.731 bits per heavy atom. The van der Waals surface area contributed by atoms with Gasteiger partial charge in [0.2, 0.25) is 0 Å². The van der Waals surface area contributed by atoms with Crippen molar-refractivity contribution < 1.29 is 4.74 Å². The summed E-state index contributed by atoms with van der Waals surface area (Å²) in [5.41, 5.74) is 3.38. The Morgan fingerprint density at radius 2 is 1.58 bits per heavy atom. The lowest BCUT2D eigenvalue weighted by atomic mass is 10.1. The molecule has 128 valence electrons. The van der Waals surface area contributed by atoms with E-state index < -0.39 is 0 Å². The first kappa shape index (κ1) is 16.6. The third-order valence-electron chi connectivity index (χ3n) is 4.27. The third-order valence-corrected chi connectivity index (χ3v) is 4.53. The first-order valence-corrected chi connectivity index (χ1v) is 9.01. The zero-order valence-electron chi connectivity index (χ0n) is 14.2. The van der Waals surface area contributed by atoms with Gasteiger partial charge in [0, 0.05) is 16.1 Å². The SMILES string of the molecule is Clc1ccc(Oc2cccc(CCc3ccc4ccccc4n3)c2)cc1. The van der Waals surface area contributed by atoms with Crippen LogP contribution in [-0.4, -0.2) is 4.98 Å². The van der Waals surface area contributed by atoms with Gasteiger partial charge in [-0.3, -0.25) is 4.98 Å². The summed E-state index contributed by atoms with van der Waals surface area (Å²) in [6.45, 7) is 0. The lowest BCUT2D eigenvalue weighted by Crippen LogP contribution is -1.95. The van der Waals surface area contributed by atoms with Crippen molar-refractivity contribution in [2.75, 3.05) is 0 Å². The van der Waals surface area contributed by atoms with Crippen molar-refractivity contribution in [1.82, 2.24) is 4.98 Å². The van der Waals surface area contributed by atoms with Crippen LogP contribution < -0.4 is 4.74 Å². The van der Waals surface area contributed by atoms with Crippen molar-refractivity contribution in [2.24, 2.45) is 0 Å². The number of hydrogen-bond acceptors (Lipinski definition) is 2. The van der Waals surface area contributed by atoms with Crippen LogP contribution in [0.2, 0.25) is 5.02 Å². The van der Waals surface area contributed by atoms with E-state index in [0.29, 0.717) is 5.02 Å². The standard InChI is InChI=1S/C23H18ClNO/c24-19-10-14-21(15-11-19)26-22-6-3-4-17(16-22)8-12-20-13-9-18-5-1-2-7-23(18)25-20/h1-7,9-11,13-16H,8,12H2. The maximum absolute atomic E-state index is 5.91. The Hall–Kier alpha value is -2.84. The maximum atomic E-state index is 5.91. The monoisotopic (exact) mass is 359 g/mol. The molecule has 0 bridgehead atoms. The number of fused-ring (bicyclic) bond motifs is 1. The molecule has 4 rings (SSSR count). The summed E-state index contributed by atoms with van der Waals surface area (Å²) in [5.74, 6) is 1.61. The molecule has 3 aromatic carbocycles. The second-order valence-corrected chi connectivity index (χ2v) is 6.64. The van der Waals surface area contributed by atoms with Crippen LogP contribution >= 0.6 is 11.6 Å². The molecule has 0 saturated carbocycles. The number of hydrogen-bond donors (Lipinski definition) is 0. The van der Waals surface area contributed by atoms with Gasteiger partial charge in [0.25, 0.3) is 0 Å². The second kappa shape index (κ2) is 7.59. The van der Waals surface area contributed by atoms with E-state index in [2.05, 4.69) is 36.4 Å². The first-order valence-electron chi connectivity index (χ1n) is 8.63. The van der Waals surface area contributed by atoms with E-state index in [1.165, 1.54) is 10.9 Å². The molecule has 0 spiro atoms. The van der Waals surface area contributed by atoms with Crippen molar-refractivity contribution in [3.05, 3.63) is 101 Å². The van der Waals surface area contributed by atoms with Crippen molar-refractivity contribution >= 4 is 22.5 Å². The first-order chi connectivity index (χ1) is 12.8. The zero-order valence-corrected chi connectivity index (χ0v) is 15.0. The summed E-state index contributed by atoms with van der Waals surface area (Å²) in [6, 6.07) is 28.0. The molecule has 1 aromatic heterocycles. The summed E-state index contributed by atoms with van der Waals surface area (Å²) < 4.78 is 5.91. The molecule has 0 aliphatic rings. The highest BCUT2D eigenvalue weighted by Crippen LogP contribution is 2.24. The molecule has 4 aromatic rings. The minimum atomic E-state index is 0.703. The predicted molar refractivity (Wildman–Crippen MR) is 107 cm³/mol. The van der Waals surface area contributed by atoms with Crippen LogP contribution in [0, 0.1) is 0 Å². The van der Waals surface area contributed by atoms with Gasteiger partial charge in [-0.15, -0.1) is 0 Å². The van der Waals surface area contributed by atoms with Crippen molar-refractivity contribution in [1.29, 1.82) is 0 Å². The molecule has 1 heterocycles. The van der Waals surface area contributed by atoms with Crippen LogP contribution in [-0.2, 0) is 12.8 Å². The van der Waals surface area contributed by atoms with Crippen LogP contribution in [0.4, 0.5) is 0 Å². The quantitative estimate of drug-likeness (QED) is 0.407. The van der Waals surface area contributed by atoms with E-state index in [0.717, 1.165) is 35.6 Å². The number of aromatic nitrogens is 1. The highest BCUT2D eigenvalue weighted by Gasteiger charge is 2.02. The normalized spacial score (nSPS) is 10.8. The van der Waals surface area contributed by atoms with Crippen molar-refractivity contribution in [3.63, 3.8) is 0 Å². The number of aryl methyl sites for hydroxylation is 2. The Kier molecular flexibility index (Phi) is 4.85. The van der Waals surface area contributed by atoms with Crippen LogP contribution in [0.1, 0.15) is 11.3 Å². The number of rotatable bonds is 5. The number of halogens is 1. The summed E-state index contributed by atoms with van der Waals surface area (Å²) in [7, 11) is 0. The van der Waals surface area contributed by atoms with Gasteiger partial charge in [-0.1, -0.05) is 48.0 Å². The molecule has 0 saturated heterocycles. The van der Waals surface area contributed by atoms with Crippen LogP contribution in [0.25, 0.3) is 10.9 Å². The molecule has 0 amide bonds. The second-order valence-electron chi connectivity index (χ2n) is 6.20. The van der Waals surface area contributed by atoms with Crippen molar-refractivity contribution in [3.8, 4) is 11.5 Å². The molecule has 0 radical (unpaired) electrons. The average molecular weight is 360 g/mol. The van der Waals surface area contributed by atoms with Gasteiger partial charge >= 0.3 is 0 Å². The number of pyridine rings is 1. The van der Waals surface area contributed by atoms with E-state index in [-0.39, 0.29) is 0 Å². The molecule has 0 fully saturated rings. The van der Waals surface area contributed by atoms with Gasteiger partial charge < -0.3 is 4.74 Å². The molecule has 0 unspecified atom stereocenters. The zero-order chi connectivity index (χ0) is 17.8. The van der Waals surface area contributed by atoms with Crippen LogP contribution in [0.3, 0.4) is 0 Å². The summed E-state index contributed by atoms with van der Waals surface area (Å²) >= 11 is 5.91. The molecule has 2 nitrogen and oxygen atoms in total. The van der Waals surface area contributed by atoms with Gasteiger partial charge in [0.05, 0.1) is 5.52 Å². The molecule has 0 aliphatic carbocycles. The van der Waals surface area contributed by atoms with Gasteiger partial charge in [-0.25, -0.2) is 0 Å². The number of nitrogens with zero attached hydrogens (tertiary/aromatic N) is 1. The summed E-state index contributed by atoms with van der Waals surface area (Å²) in [6.07, 6.45) is 1.82. The average Bonchev–Trinajstić information content (AvgIpc) is 2.68. The fraction of sp³-hybridized carbons (Fsp3) is 0.0870. The largest absolute Gasteiger partial charge is 0.457 e. The smallest absolute Gasteiger partial charge is 0.127 e. The third kappa shape index (κ3) is 4.04. The number of para-hydroxylation sites is 1. The molecular weight excluding hydrogens is 342 g/mol. The van der Waals surface area contributed by atoms with Gasteiger partial charge in [0.15, 0.2) is 0 Å². The van der Waals surface area contributed by atoms with E-state index in [9.17, 15) is 0 Å². The molecule has 0 aliphatic heterocycles. The Bertz CT molecular complexity index is 1030. The van der Waals surface area contributed by atoms with Gasteiger partial charge in [-0.05, 0) is 66.9 Å². The van der Waals surface area contributed by atoms with E-state index >= 15 is 0 Å². The Balaban J connectivity index is 1.45. The van der Waals surface area contributed by atoms with Gasteiger partial charge in [-0.2, -0.15) is 0 Å². The lowest BCUT2D eigenvalue weighted by molar-refractivity contribution is 0.482. The minimum absolute atomic E-state index is 0.703. The minimum Gasteiger partial charge on any atom is -0.457 e. The maximum Gasteiger partial charge on any atom is 0.127 e. The van der Waals surface area contributed by atoms with E-state index in [1.54, 1.807) is 0 Å². The molecule has 26 heavy (non-hydrogen) atoms. The fourth-order valence-corrected chi connectivity index (χ4v) is 3.05. The van der Waals surface area contributed by atoms with Crippen LogP contribution in [0.5, 0.6) is 11.5 Å². The van der Waals surface area contributed by atoms with E-state index in [4.69, 9.17) is 21.3 Å². The lowest BCUT2D eigenvalue weighted by Gasteiger charge is -2.08. The molecular formula is C23H18ClNO. The highest BCUT2D eigenvalue weighted by molar-refractivity contribution is 6.30. The topological polar surface area (TPSA) is 22.1 Å².